The Bertz CT molecular complexity index is 793. The first-order valence-corrected chi connectivity index (χ1v) is 7.31. The second-order valence-corrected chi connectivity index (χ2v) is 5.14. The molecular formula is C16H18N2O5. The summed E-state index contributed by atoms with van der Waals surface area (Å²) in [6.07, 6.45) is -0.465. The number of pyridine rings is 1. The van der Waals surface area contributed by atoms with Crippen LogP contribution in [-0.4, -0.2) is 44.1 Å². The predicted molar refractivity (Wildman–Crippen MR) is 83.8 cm³/mol. The summed E-state index contributed by atoms with van der Waals surface area (Å²) < 4.78 is 17.6. The Morgan fingerprint density at radius 1 is 1.35 bits per heavy atom. The van der Waals surface area contributed by atoms with Gasteiger partial charge >= 0.3 is 0 Å². The number of methoxy groups -OCH3 is 1. The second kappa shape index (κ2) is 6.39. The van der Waals surface area contributed by atoms with Crippen molar-refractivity contribution in [2.24, 2.45) is 0 Å². The van der Waals surface area contributed by atoms with Crippen LogP contribution in [0.25, 0.3) is 10.9 Å². The molecule has 0 spiro atoms. The predicted octanol–water partition coefficient (Wildman–Crippen LogP) is 0.743. The minimum atomic E-state index is -0.465. The maximum Gasteiger partial charge on any atom is 0.251 e. The smallest absolute Gasteiger partial charge is 0.251 e. The van der Waals surface area contributed by atoms with Gasteiger partial charge in [0.25, 0.3) is 11.5 Å². The normalized spacial score (nSPS) is 15.0. The van der Waals surface area contributed by atoms with E-state index >= 15 is 0 Å². The summed E-state index contributed by atoms with van der Waals surface area (Å²) in [7, 11) is 3.08. The van der Waals surface area contributed by atoms with Gasteiger partial charge in [0, 0.05) is 24.6 Å². The average molecular weight is 318 g/mol. The Labute approximate surface area is 132 Å². The van der Waals surface area contributed by atoms with Gasteiger partial charge in [-0.2, -0.15) is 0 Å². The molecule has 1 fully saturated rings. The molecule has 122 valence electrons. The van der Waals surface area contributed by atoms with Crippen LogP contribution in [0.15, 0.2) is 29.1 Å². The molecule has 0 saturated carbocycles. The first-order chi connectivity index (χ1) is 11.1. The Morgan fingerprint density at radius 3 is 2.74 bits per heavy atom. The van der Waals surface area contributed by atoms with Crippen molar-refractivity contribution in [2.45, 2.75) is 12.8 Å². The average Bonchev–Trinajstić information content (AvgIpc) is 3.09. The van der Waals surface area contributed by atoms with Gasteiger partial charge in [0.1, 0.15) is 5.75 Å². The molecule has 1 amide bonds. The molecule has 1 aromatic carbocycles. The lowest BCUT2D eigenvalue weighted by Crippen LogP contribution is -2.29. The molecule has 3 rings (SSSR count). The third kappa shape index (κ3) is 2.93. The lowest BCUT2D eigenvalue weighted by Gasteiger charge is -2.16. The van der Waals surface area contributed by atoms with E-state index in [1.165, 1.54) is 13.1 Å². The molecule has 1 aliphatic heterocycles. The maximum atomic E-state index is 12.5. The first kappa shape index (κ1) is 15.5. The van der Waals surface area contributed by atoms with Crippen molar-refractivity contribution in [1.82, 2.24) is 9.88 Å². The van der Waals surface area contributed by atoms with E-state index in [-0.39, 0.29) is 18.0 Å². The number of amides is 1. The standard InChI is InChI=1S/C16H18N2O5/c1-17-16(20)12-8-14(19)18(9-15-22-5-6-23-15)13-7-10(21-2)3-4-11(12)13/h3-4,7-8,15H,5-6,9H2,1-2H3,(H,17,20). The third-order valence-corrected chi connectivity index (χ3v) is 3.81. The molecule has 7 nitrogen and oxygen atoms in total. The molecule has 0 bridgehead atoms. The Balaban J connectivity index is 2.19. The number of ether oxygens (including phenoxy) is 3. The van der Waals surface area contributed by atoms with Crippen molar-refractivity contribution in [3.63, 3.8) is 0 Å². The monoisotopic (exact) mass is 318 g/mol. The molecule has 23 heavy (non-hydrogen) atoms. The van der Waals surface area contributed by atoms with Gasteiger partial charge in [-0.1, -0.05) is 0 Å². The fraction of sp³-hybridized carbons (Fsp3) is 0.375. The number of carbonyl (C=O) groups is 1. The molecule has 0 aliphatic carbocycles. The summed E-state index contributed by atoms with van der Waals surface area (Å²) in [5, 5.41) is 3.22. The van der Waals surface area contributed by atoms with Crippen molar-refractivity contribution in [1.29, 1.82) is 0 Å². The molecule has 2 heterocycles. The van der Waals surface area contributed by atoms with Crippen molar-refractivity contribution >= 4 is 16.8 Å². The zero-order valence-corrected chi connectivity index (χ0v) is 13.0. The fourth-order valence-corrected chi connectivity index (χ4v) is 2.66. The lowest BCUT2D eigenvalue weighted by molar-refractivity contribution is -0.0522. The van der Waals surface area contributed by atoms with Crippen molar-refractivity contribution < 1.29 is 19.0 Å². The van der Waals surface area contributed by atoms with Crippen LogP contribution in [0.5, 0.6) is 5.75 Å². The highest BCUT2D eigenvalue weighted by molar-refractivity contribution is 6.06. The van der Waals surface area contributed by atoms with Gasteiger partial charge in [-0.25, -0.2) is 0 Å². The number of nitrogens with one attached hydrogen (secondary N) is 1. The Hall–Kier alpha value is -2.38. The van der Waals surface area contributed by atoms with Gasteiger partial charge in [0.15, 0.2) is 6.29 Å². The zero-order chi connectivity index (χ0) is 16.4. The molecule has 2 aromatic rings. The van der Waals surface area contributed by atoms with Crippen molar-refractivity contribution in [3.05, 3.63) is 40.2 Å². The fourth-order valence-electron chi connectivity index (χ4n) is 2.66. The van der Waals surface area contributed by atoms with Crippen molar-refractivity contribution in [2.75, 3.05) is 27.4 Å². The molecule has 1 aromatic heterocycles. The van der Waals surface area contributed by atoms with E-state index in [1.807, 2.05) is 0 Å². The van der Waals surface area contributed by atoms with Gasteiger partial charge in [-0.3, -0.25) is 9.59 Å². The van der Waals surface area contributed by atoms with E-state index in [4.69, 9.17) is 14.2 Å². The van der Waals surface area contributed by atoms with Crippen LogP contribution < -0.4 is 15.6 Å². The van der Waals surface area contributed by atoms with Gasteiger partial charge in [0.2, 0.25) is 0 Å². The van der Waals surface area contributed by atoms with Crippen LogP contribution in [0.2, 0.25) is 0 Å². The van der Waals surface area contributed by atoms with Crippen LogP contribution >= 0.6 is 0 Å². The van der Waals surface area contributed by atoms with E-state index < -0.39 is 6.29 Å². The van der Waals surface area contributed by atoms with Crippen molar-refractivity contribution in [3.8, 4) is 5.75 Å². The Kier molecular flexibility index (Phi) is 4.31. The largest absolute Gasteiger partial charge is 0.497 e. The van der Waals surface area contributed by atoms with Gasteiger partial charge < -0.3 is 24.1 Å². The molecule has 7 heteroatoms. The van der Waals surface area contributed by atoms with Gasteiger partial charge in [0.05, 0.1) is 37.9 Å². The number of hydrogen-bond donors (Lipinski definition) is 1. The molecule has 0 radical (unpaired) electrons. The summed E-state index contributed by atoms with van der Waals surface area (Å²) in [5.41, 5.74) is 0.651. The minimum Gasteiger partial charge on any atom is -0.497 e. The van der Waals surface area contributed by atoms with E-state index in [0.29, 0.717) is 35.4 Å². The van der Waals surface area contributed by atoms with Gasteiger partial charge in [-0.15, -0.1) is 0 Å². The van der Waals surface area contributed by atoms with Crippen LogP contribution in [0.1, 0.15) is 10.4 Å². The summed E-state index contributed by atoms with van der Waals surface area (Å²) in [4.78, 5) is 24.5. The van der Waals surface area contributed by atoms with E-state index in [2.05, 4.69) is 5.32 Å². The van der Waals surface area contributed by atoms with Crippen LogP contribution in [0.4, 0.5) is 0 Å². The first-order valence-electron chi connectivity index (χ1n) is 7.31. The molecular weight excluding hydrogens is 300 g/mol. The number of fused-ring (bicyclic) bond motifs is 1. The SMILES string of the molecule is CNC(=O)c1cc(=O)n(CC2OCCO2)c2cc(OC)ccc12. The van der Waals surface area contributed by atoms with E-state index in [1.54, 1.807) is 29.9 Å². The number of rotatable bonds is 4. The van der Waals surface area contributed by atoms with Crippen LogP contribution in [-0.2, 0) is 16.0 Å². The molecule has 1 N–H and O–H groups in total. The second-order valence-electron chi connectivity index (χ2n) is 5.14. The number of benzene rings is 1. The summed E-state index contributed by atoms with van der Waals surface area (Å²) in [6.45, 7) is 1.28. The highest BCUT2D eigenvalue weighted by atomic mass is 16.7. The molecule has 0 unspecified atom stereocenters. The summed E-state index contributed by atoms with van der Waals surface area (Å²) in [5.74, 6) is 0.297. The highest BCUT2D eigenvalue weighted by Crippen LogP contribution is 2.23. The van der Waals surface area contributed by atoms with E-state index in [9.17, 15) is 9.59 Å². The minimum absolute atomic E-state index is 0.260. The molecule has 0 atom stereocenters. The quantitative estimate of drug-likeness (QED) is 0.900. The number of hydrogen-bond acceptors (Lipinski definition) is 5. The summed E-state index contributed by atoms with van der Waals surface area (Å²) >= 11 is 0. The highest BCUT2D eigenvalue weighted by Gasteiger charge is 2.20. The van der Waals surface area contributed by atoms with E-state index in [0.717, 1.165) is 0 Å². The number of carbonyl (C=O) groups excluding carboxylic acids is 1. The summed E-state index contributed by atoms with van der Waals surface area (Å²) in [6, 6.07) is 6.60. The van der Waals surface area contributed by atoms with Gasteiger partial charge in [-0.05, 0) is 12.1 Å². The van der Waals surface area contributed by atoms with Crippen LogP contribution in [0.3, 0.4) is 0 Å². The zero-order valence-electron chi connectivity index (χ0n) is 13.0. The van der Waals surface area contributed by atoms with Crippen LogP contribution in [0, 0.1) is 0 Å². The third-order valence-electron chi connectivity index (χ3n) is 3.81. The number of aromatic nitrogens is 1. The molecule has 1 saturated heterocycles. The lowest BCUT2D eigenvalue weighted by atomic mass is 10.1. The topological polar surface area (TPSA) is 78.8 Å². The number of nitrogens with zero attached hydrogens (tertiary/aromatic N) is 1. The Morgan fingerprint density at radius 2 is 2.09 bits per heavy atom. The molecule has 1 aliphatic rings. The maximum absolute atomic E-state index is 12.5.